The summed E-state index contributed by atoms with van der Waals surface area (Å²) in [4.78, 5) is 25.9. The quantitative estimate of drug-likeness (QED) is 0.191. The van der Waals surface area contributed by atoms with E-state index in [4.69, 9.17) is 14.2 Å². The fraction of sp³-hybridized carbons (Fsp3) is 0.133. The molecule has 0 saturated heterocycles. The first-order chi connectivity index (χ1) is 17.6. The van der Waals surface area contributed by atoms with Crippen LogP contribution in [0.25, 0.3) is 44.1 Å². The Morgan fingerprint density at radius 2 is 1.28 bits per heavy atom. The molecule has 0 aliphatic carbocycles. The lowest BCUT2D eigenvalue weighted by Crippen LogP contribution is -2.14. The maximum atomic E-state index is 13.3. The van der Waals surface area contributed by atoms with Gasteiger partial charge in [-0.1, -0.05) is 78.9 Å². The fourth-order valence-corrected chi connectivity index (χ4v) is 4.57. The average Bonchev–Trinajstić information content (AvgIpc) is 3.23. The number of hydrogen-bond acceptors (Lipinski definition) is 5. The van der Waals surface area contributed by atoms with Crippen molar-refractivity contribution < 1.29 is 23.8 Å². The Balaban J connectivity index is 1.99. The molecule has 0 atom stereocenters. The Kier molecular flexibility index (Phi) is 6.41. The van der Waals surface area contributed by atoms with Crippen LogP contribution in [0.3, 0.4) is 0 Å². The predicted molar refractivity (Wildman–Crippen MR) is 140 cm³/mol. The lowest BCUT2D eigenvalue weighted by Gasteiger charge is -2.18. The maximum Gasteiger partial charge on any atom is 0.513 e. The molecule has 1 heterocycles. The highest BCUT2D eigenvalue weighted by molar-refractivity contribution is 6.20. The van der Waals surface area contributed by atoms with Crippen LogP contribution in [0.1, 0.15) is 13.8 Å². The van der Waals surface area contributed by atoms with E-state index in [-0.39, 0.29) is 13.2 Å². The predicted octanol–water partition coefficient (Wildman–Crippen LogP) is 7.67. The van der Waals surface area contributed by atoms with Crippen molar-refractivity contribution in [2.45, 2.75) is 13.8 Å². The number of fused-ring (bicyclic) bond motifs is 3. The molecule has 5 aromatic rings. The van der Waals surface area contributed by atoms with Crippen molar-refractivity contribution in [1.29, 1.82) is 0 Å². The van der Waals surface area contributed by atoms with Gasteiger partial charge in [-0.05, 0) is 37.1 Å². The summed E-state index contributed by atoms with van der Waals surface area (Å²) in [6.07, 6.45) is -1.26. The van der Waals surface area contributed by atoms with E-state index in [9.17, 15) is 9.59 Å². The van der Waals surface area contributed by atoms with E-state index in [1.165, 1.54) is 0 Å². The molecule has 36 heavy (non-hydrogen) atoms. The molecular formula is C30H25NO5. The van der Waals surface area contributed by atoms with E-state index < -0.39 is 12.2 Å². The van der Waals surface area contributed by atoms with E-state index in [2.05, 4.69) is 0 Å². The van der Waals surface area contributed by atoms with Crippen LogP contribution >= 0.6 is 0 Å². The summed E-state index contributed by atoms with van der Waals surface area (Å²) in [5.41, 5.74) is 4.51. The molecule has 0 unspecified atom stereocenters. The number of carbonyl (C=O) groups excluding carboxylic acids is 2. The van der Waals surface area contributed by atoms with Crippen LogP contribution in [0, 0.1) is 0 Å². The van der Waals surface area contributed by atoms with Crippen LogP contribution in [0.15, 0.2) is 91.0 Å². The molecule has 0 N–H and O–H groups in total. The molecule has 0 saturated carbocycles. The molecule has 5 rings (SSSR count). The first-order valence-corrected chi connectivity index (χ1v) is 11.9. The van der Waals surface area contributed by atoms with Crippen LogP contribution < -0.4 is 4.74 Å². The van der Waals surface area contributed by atoms with Gasteiger partial charge in [-0.2, -0.15) is 0 Å². The Labute approximate surface area is 208 Å². The van der Waals surface area contributed by atoms with Gasteiger partial charge in [0.15, 0.2) is 0 Å². The van der Waals surface area contributed by atoms with Gasteiger partial charge in [0.05, 0.1) is 24.2 Å². The number of benzene rings is 4. The molecule has 180 valence electrons. The third-order valence-corrected chi connectivity index (χ3v) is 5.95. The Morgan fingerprint density at radius 3 is 1.92 bits per heavy atom. The van der Waals surface area contributed by atoms with Crippen molar-refractivity contribution in [2.24, 2.45) is 0 Å². The van der Waals surface area contributed by atoms with Crippen LogP contribution in [0.5, 0.6) is 5.75 Å². The molecule has 0 amide bonds. The van der Waals surface area contributed by atoms with Gasteiger partial charge in [0.1, 0.15) is 5.75 Å². The van der Waals surface area contributed by atoms with E-state index in [0.29, 0.717) is 22.3 Å². The van der Waals surface area contributed by atoms with Gasteiger partial charge < -0.3 is 14.2 Å². The molecule has 0 radical (unpaired) electrons. The van der Waals surface area contributed by atoms with Crippen LogP contribution in [-0.2, 0) is 9.47 Å². The Bertz CT molecular complexity index is 1550. The molecule has 4 aromatic carbocycles. The van der Waals surface area contributed by atoms with Crippen molar-refractivity contribution in [3.05, 3.63) is 91.0 Å². The third-order valence-electron chi connectivity index (χ3n) is 5.95. The minimum atomic E-state index is -0.790. The summed E-state index contributed by atoms with van der Waals surface area (Å²) >= 11 is 0. The molecule has 0 fully saturated rings. The summed E-state index contributed by atoms with van der Waals surface area (Å²) in [5.74, 6) is 0.345. The highest BCUT2D eigenvalue weighted by Crippen LogP contribution is 2.47. The van der Waals surface area contributed by atoms with Crippen molar-refractivity contribution in [2.75, 3.05) is 13.2 Å². The van der Waals surface area contributed by atoms with Gasteiger partial charge in [-0.25, -0.2) is 14.2 Å². The zero-order valence-electron chi connectivity index (χ0n) is 20.1. The number of ether oxygens (including phenoxy) is 3. The molecule has 0 aliphatic rings. The molecule has 6 nitrogen and oxygen atoms in total. The second kappa shape index (κ2) is 9.96. The van der Waals surface area contributed by atoms with E-state index in [0.717, 1.165) is 27.5 Å². The molecule has 0 bridgehead atoms. The zero-order valence-corrected chi connectivity index (χ0v) is 20.1. The number of rotatable bonds is 5. The summed E-state index contributed by atoms with van der Waals surface area (Å²) in [6.45, 7) is 3.94. The Morgan fingerprint density at radius 1 is 0.694 bits per heavy atom. The smallest absolute Gasteiger partial charge is 0.449 e. The minimum absolute atomic E-state index is 0.190. The largest absolute Gasteiger partial charge is 0.513 e. The molecule has 1 aromatic heterocycles. The SMILES string of the molecule is CCOC(=O)Oc1cc2c3ccccc3n(C(=O)OCC)c2c(-c2ccccc2)c1-c1ccccc1. The molecule has 0 aliphatic heterocycles. The van der Waals surface area contributed by atoms with Crippen molar-refractivity contribution in [3.63, 3.8) is 0 Å². The van der Waals surface area contributed by atoms with E-state index in [1.807, 2.05) is 84.9 Å². The third kappa shape index (κ3) is 4.07. The van der Waals surface area contributed by atoms with Gasteiger partial charge in [-0.15, -0.1) is 0 Å². The normalized spacial score (nSPS) is 10.9. The first-order valence-electron chi connectivity index (χ1n) is 11.9. The van der Waals surface area contributed by atoms with Crippen molar-refractivity contribution in [1.82, 2.24) is 4.57 Å². The zero-order chi connectivity index (χ0) is 25.1. The standard InChI is InChI=1S/C30H25NO5/c1-3-34-29(32)31-24-18-12-11-17-22(24)23-19-25(36-30(33)35-4-2)26(20-13-7-5-8-14-20)27(28(23)31)21-15-9-6-10-16-21/h5-19H,3-4H2,1-2H3. The summed E-state index contributed by atoms with van der Waals surface area (Å²) < 4.78 is 18.0. The summed E-state index contributed by atoms with van der Waals surface area (Å²) in [5, 5.41) is 1.60. The number of aromatic nitrogens is 1. The van der Waals surface area contributed by atoms with Crippen LogP contribution in [-0.4, -0.2) is 30.0 Å². The number of hydrogen-bond donors (Lipinski definition) is 0. The monoisotopic (exact) mass is 479 g/mol. The number of nitrogens with zero attached hydrogens (tertiary/aromatic N) is 1. The van der Waals surface area contributed by atoms with Crippen molar-refractivity contribution >= 4 is 34.1 Å². The number of para-hydroxylation sites is 1. The average molecular weight is 480 g/mol. The molecular weight excluding hydrogens is 454 g/mol. The van der Waals surface area contributed by atoms with Crippen LogP contribution in [0.2, 0.25) is 0 Å². The van der Waals surface area contributed by atoms with Crippen molar-refractivity contribution in [3.8, 4) is 28.0 Å². The topological polar surface area (TPSA) is 66.8 Å². The highest BCUT2D eigenvalue weighted by atomic mass is 16.7. The fourth-order valence-electron chi connectivity index (χ4n) is 4.57. The Hall–Kier alpha value is -4.58. The highest BCUT2D eigenvalue weighted by Gasteiger charge is 2.27. The summed E-state index contributed by atoms with van der Waals surface area (Å²) in [6, 6.07) is 28.8. The van der Waals surface area contributed by atoms with E-state index in [1.54, 1.807) is 24.5 Å². The van der Waals surface area contributed by atoms with Gasteiger partial charge >= 0.3 is 12.2 Å². The summed E-state index contributed by atoms with van der Waals surface area (Å²) in [7, 11) is 0. The second-order valence-corrected chi connectivity index (χ2v) is 8.09. The second-order valence-electron chi connectivity index (χ2n) is 8.09. The lowest BCUT2D eigenvalue weighted by atomic mass is 9.91. The van der Waals surface area contributed by atoms with Crippen LogP contribution in [0.4, 0.5) is 9.59 Å². The lowest BCUT2D eigenvalue weighted by molar-refractivity contribution is 0.104. The minimum Gasteiger partial charge on any atom is -0.449 e. The molecule has 6 heteroatoms. The van der Waals surface area contributed by atoms with Gasteiger partial charge in [0.2, 0.25) is 0 Å². The maximum absolute atomic E-state index is 13.3. The first kappa shape index (κ1) is 23.2. The van der Waals surface area contributed by atoms with E-state index >= 15 is 0 Å². The van der Waals surface area contributed by atoms with Gasteiger partial charge in [-0.3, -0.25) is 0 Å². The van der Waals surface area contributed by atoms with Gasteiger partial charge in [0, 0.05) is 21.9 Å². The molecule has 0 spiro atoms. The number of carbonyl (C=O) groups is 2. The van der Waals surface area contributed by atoms with Gasteiger partial charge in [0.25, 0.3) is 0 Å².